The number of hydrogen-bond donors (Lipinski definition) is 1. The highest BCUT2D eigenvalue weighted by molar-refractivity contribution is 5.79. The summed E-state index contributed by atoms with van der Waals surface area (Å²) in [6.45, 7) is 0.947. The summed E-state index contributed by atoms with van der Waals surface area (Å²) in [6.07, 6.45) is 7.06. The third-order valence-corrected chi connectivity index (χ3v) is 5.01. The maximum Gasteiger partial charge on any atom is 0.237 e. The second kappa shape index (κ2) is 7.99. The lowest BCUT2D eigenvalue weighted by atomic mass is 10.2. The predicted octanol–water partition coefficient (Wildman–Crippen LogP) is 1.54. The average Bonchev–Trinajstić information content (AvgIpc) is 3.34. The van der Waals surface area contributed by atoms with Crippen LogP contribution in [0.1, 0.15) is 31.2 Å². The van der Waals surface area contributed by atoms with Gasteiger partial charge in [-0.05, 0) is 31.4 Å². The van der Waals surface area contributed by atoms with Crippen molar-refractivity contribution in [1.82, 2.24) is 15.2 Å². The van der Waals surface area contributed by atoms with Crippen molar-refractivity contribution < 1.29 is 4.79 Å². The summed E-state index contributed by atoms with van der Waals surface area (Å²) in [5, 5.41) is 21.3. The Labute approximate surface area is 153 Å². The van der Waals surface area contributed by atoms with Crippen LogP contribution in [0.15, 0.2) is 30.1 Å². The number of nitrogens with one attached hydrogen (secondary N) is 1. The molecule has 1 fully saturated rings. The minimum absolute atomic E-state index is 0.00427. The van der Waals surface area contributed by atoms with E-state index in [4.69, 9.17) is 10.5 Å². The van der Waals surface area contributed by atoms with Crippen molar-refractivity contribution in [2.45, 2.75) is 37.8 Å². The van der Waals surface area contributed by atoms with E-state index in [9.17, 15) is 4.79 Å². The lowest BCUT2D eigenvalue weighted by Gasteiger charge is -2.23. The van der Waals surface area contributed by atoms with Gasteiger partial charge in [-0.15, -0.1) is 0 Å². The number of carbonyl (C=O) groups is 1. The van der Waals surface area contributed by atoms with E-state index in [-0.39, 0.29) is 24.5 Å². The number of nitriles is 2. The minimum atomic E-state index is -0.268. The van der Waals surface area contributed by atoms with Gasteiger partial charge in [0.25, 0.3) is 0 Å². The molecular weight excluding hydrogens is 328 g/mol. The van der Waals surface area contributed by atoms with Gasteiger partial charge >= 0.3 is 0 Å². The van der Waals surface area contributed by atoms with Crippen molar-refractivity contribution in [3.8, 4) is 12.1 Å². The van der Waals surface area contributed by atoms with Crippen molar-refractivity contribution in [3.05, 3.63) is 35.7 Å². The molecule has 1 unspecified atom stereocenters. The number of nitrogens with zero attached hydrogens (tertiary/aromatic N) is 5. The zero-order valence-electron chi connectivity index (χ0n) is 14.9. The normalized spacial score (nSPS) is 21.8. The molecule has 0 bridgehead atoms. The third kappa shape index (κ3) is 3.84. The maximum atomic E-state index is 12.3. The van der Waals surface area contributed by atoms with Gasteiger partial charge in [-0.3, -0.25) is 4.79 Å². The quantitative estimate of drug-likeness (QED) is 0.865. The summed E-state index contributed by atoms with van der Waals surface area (Å²) in [6, 6.07) is 7.79. The van der Waals surface area contributed by atoms with Crippen LogP contribution in [0.25, 0.3) is 0 Å². The number of likely N-dealkylation sites (tertiary alicyclic amines) is 1. The van der Waals surface area contributed by atoms with Crippen LogP contribution < -0.4 is 10.2 Å². The molecule has 3 rings (SSSR count). The number of hydrogen-bond acceptors (Lipinski definition) is 6. The minimum Gasteiger partial charge on any atom is -0.333 e. The molecule has 0 radical (unpaired) electrons. The maximum absolute atomic E-state index is 12.3. The van der Waals surface area contributed by atoms with E-state index in [0.29, 0.717) is 12.1 Å². The molecule has 0 spiro atoms. The van der Waals surface area contributed by atoms with Crippen LogP contribution in [0, 0.1) is 22.7 Å². The molecule has 1 amide bonds. The largest absolute Gasteiger partial charge is 0.333 e. The van der Waals surface area contributed by atoms with E-state index in [0.717, 1.165) is 37.2 Å². The molecule has 26 heavy (non-hydrogen) atoms. The zero-order valence-corrected chi connectivity index (χ0v) is 14.9. The fourth-order valence-corrected chi connectivity index (χ4v) is 3.46. The number of rotatable bonds is 5. The fraction of sp³-hybridized carbons (Fsp3) is 0.474. The van der Waals surface area contributed by atoms with E-state index in [1.165, 1.54) is 0 Å². The molecule has 7 heteroatoms. The van der Waals surface area contributed by atoms with Crippen LogP contribution in [0.5, 0.6) is 0 Å². The Balaban J connectivity index is 1.49. The van der Waals surface area contributed by atoms with E-state index >= 15 is 0 Å². The predicted molar refractivity (Wildman–Crippen MR) is 96.8 cm³/mol. The van der Waals surface area contributed by atoms with E-state index in [1.54, 1.807) is 17.2 Å². The first-order valence-electron chi connectivity index (χ1n) is 8.83. The van der Waals surface area contributed by atoms with Crippen LogP contribution in [-0.4, -0.2) is 48.0 Å². The molecule has 0 saturated carbocycles. The molecule has 1 saturated heterocycles. The van der Waals surface area contributed by atoms with Gasteiger partial charge in [-0.1, -0.05) is 6.08 Å². The highest BCUT2D eigenvalue weighted by Crippen LogP contribution is 2.25. The Bertz CT molecular complexity index is 773. The standard InChI is InChI=1S/C19H22N6O/c1-24(18-7-4-14(10-20)12-23-18)16-6-5-15(9-16)22-13-19(26)25-8-2-3-17(25)11-21/h4,6-7,12,15,17,22H,2-3,5,8-9,13H2,1H3/t15?,17-/m0/s1. The van der Waals surface area contributed by atoms with Gasteiger partial charge in [0.2, 0.25) is 5.91 Å². The number of pyridine rings is 1. The van der Waals surface area contributed by atoms with Gasteiger partial charge in [0, 0.05) is 37.9 Å². The topological polar surface area (TPSA) is 96.0 Å². The summed E-state index contributed by atoms with van der Waals surface area (Å²) in [5.41, 5.74) is 1.68. The zero-order chi connectivity index (χ0) is 18.5. The Morgan fingerprint density at radius 1 is 1.46 bits per heavy atom. The number of anilines is 1. The molecule has 2 heterocycles. The van der Waals surface area contributed by atoms with Crippen LogP contribution in [0.2, 0.25) is 0 Å². The Morgan fingerprint density at radius 2 is 2.31 bits per heavy atom. The molecule has 0 aromatic carbocycles. The molecule has 2 aliphatic rings. The van der Waals surface area contributed by atoms with Crippen molar-refractivity contribution in [2.75, 3.05) is 25.0 Å². The fourth-order valence-electron chi connectivity index (χ4n) is 3.46. The van der Waals surface area contributed by atoms with Gasteiger partial charge in [0.1, 0.15) is 17.9 Å². The lowest BCUT2D eigenvalue weighted by molar-refractivity contribution is -0.130. The highest BCUT2D eigenvalue weighted by atomic mass is 16.2. The average molecular weight is 350 g/mol. The van der Waals surface area contributed by atoms with Gasteiger partial charge in [0.15, 0.2) is 0 Å². The van der Waals surface area contributed by atoms with Gasteiger partial charge in [-0.2, -0.15) is 10.5 Å². The highest BCUT2D eigenvalue weighted by Gasteiger charge is 2.29. The summed E-state index contributed by atoms with van der Waals surface area (Å²) in [7, 11) is 1.95. The molecule has 1 aromatic rings. The van der Waals surface area contributed by atoms with Gasteiger partial charge in [-0.25, -0.2) is 4.98 Å². The third-order valence-electron chi connectivity index (χ3n) is 5.01. The summed E-state index contributed by atoms with van der Waals surface area (Å²) < 4.78 is 0. The summed E-state index contributed by atoms with van der Waals surface area (Å²) in [5.74, 6) is 0.797. The first-order chi connectivity index (χ1) is 12.6. The smallest absolute Gasteiger partial charge is 0.237 e. The number of amides is 1. The molecular formula is C19H22N6O. The molecule has 134 valence electrons. The van der Waals surface area contributed by atoms with E-state index in [2.05, 4.69) is 28.5 Å². The summed E-state index contributed by atoms with van der Waals surface area (Å²) >= 11 is 0. The number of carbonyl (C=O) groups excluding carboxylic acids is 1. The molecule has 7 nitrogen and oxygen atoms in total. The van der Waals surface area contributed by atoms with Gasteiger partial charge in [0.05, 0.1) is 18.2 Å². The second-order valence-electron chi connectivity index (χ2n) is 6.66. The molecule has 1 aliphatic carbocycles. The van der Waals surface area contributed by atoms with Gasteiger partial charge < -0.3 is 15.1 Å². The summed E-state index contributed by atoms with van der Waals surface area (Å²) in [4.78, 5) is 20.3. The lowest BCUT2D eigenvalue weighted by Crippen LogP contribution is -2.43. The molecule has 1 aliphatic heterocycles. The van der Waals surface area contributed by atoms with Crippen LogP contribution in [-0.2, 0) is 4.79 Å². The first kappa shape index (κ1) is 17.9. The molecule has 1 aromatic heterocycles. The van der Waals surface area contributed by atoms with Crippen molar-refractivity contribution in [1.29, 1.82) is 10.5 Å². The van der Waals surface area contributed by atoms with Crippen molar-refractivity contribution in [3.63, 3.8) is 0 Å². The molecule has 2 atom stereocenters. The number of aromatic nitrogens is 1. The van der Waals surface area contributed by atoms with Crippen LogP contribution in [0.3, 0.4) is 0 Å². The first-order valence-corrected chi connectivity index (χ1v) is 8.83. The molecule has 1 N–H and O–H groups in total. The van der Waals surface area contributed by atoms with Crippen molar-refractivity contribution in [2.24, 2.45) is 0 Å². The van der Waals surface area contributed by atoms with E-state index in [1.807, 2.05) is 18.0 Å². The monoisotopic (exact) mass is 350 g/mol. The van der Waals surface area contributed by atoms with E-state index < -0.39 is 0 Å². The Kier molecular flexibility index (Phi) is 5.50. The Hall–Kier alpha value is -2.90. The Morgan fingerprint density at radius 3 is 3.00 bits per heavy atom. The van der Waals surface area contributed by atoms with Crippen molar-refractivity contribution >= 4 is 11.7 Å². The second-order valence-corrected chi connectivity index (χ2v) is 6.66. The van der Waals surface area contributed by atoms with Crippen LogP contribution >= 0.6 is 0 Å². The van der Waals surface area contributed by atoms with Crippen LogP contribution in [0.4, 0.5) is 5.82 Å². The SMILES string of the molecule is CN(C1=CCC(NCC(=O)N2CCC[C@H]2C#N)C1)c1ccc(C#N)cn1.